The second-order valence-electron chi connectivity index (χ2n) is 2.64. The molecule has 1 aromatic carbocycles. The minimum atomic E-state index is -4.51. The lowest BCUT2D eigenvalue weighted by molar-refractivity contribution is -0.0505. The van der Waals surface area contributed by atoms with Crippen molar-refractivity contribution in [1.29, 1.82) is 0 Å². The van der Waals surface area contributed by atoms with Crippen molar-refractivity contribution in [2.45, 2.75) is 17.0 Å². The van der Waals surface area contributed by atoms with Crippen LogP contribution in [0, 0.1) is 0 Å². The van der Waals surface area contributed by atoms with Gasteiger partial charge in [-0.3, -0.25) is 0 Å². The molecule has 96 valence electrons. The average molecular weight is 402 g/mol. The molecule has 0 amide bonds. The fourth-order valence-corrected chi connectivity index (χ4v) is 2.70. The second-order valence-corrected chi connectivity index (χ2v) is 5.46. The van der Waals surface area contributed by atoms with Crippen LogP contribution in [-0.2, 0) is 0 Å². The molecule has 9 heteroatoms. The van der Waals surface area contributed by atoms with Gasteiger partial charge in [-0.1, -0.05) is 15.9 Å². The Balaban J connectivity index is 3.10. The number of benzene rings is 1. The first-order valence-electron chi connectivity index (χ1n) is 3.88. The lowest BCUT2D eigenvalue weighted by atomic mass is 10.3. The molecule has 0 N–H and O–H groups in total. The normalized spacial score (nSPS) is 12.0. The maximum absolute atomic E-state index is 12.2. The van der Waals surface area contributed by atoms with Gasteiger partial charge in [-0.15, -0.1) is 0 Å². The summed E-state index contributed by atoms with van der Waals surface area (Å²) >= 11 is 5.30. The third-order valence-corrected chi connectivity index (χ3v) is 3.72. The molecular formula is C8H3Br2F5OS. The summed E-state index contributed by atoms with van der Waals surface area (Å²) in [6.07, 6.45) is 0. The Kier molecular flexibility index (Phi) is 5.08. The van der Waals surface area contributed by atoms with Crippen LogP contribution in [0.1, 0.15) is 0 Å². The third kappa shape index (κ3) is 5.01. The van der Waals surface area contributed by atoms with Crippen LogP contribution in [-0.4, -0.2) is 12.1 Å². The molecule has 0 radical (unpaired) electrons. The molecule has 0 fully saturated rings. The van der Waals surface area contributed by atoms with Crippen molar-refractivity contribution in [1.82, 2.24) is 0 Å². The minimum Gasteiger partial charge on any atom is -0.434 e. The van der Waals surface area contributed by atoms with Gasteiger partial charge in [-0.25, -0.2) is 0 Å². The zero-order valence-electron chi connectivity index (χ0n) is 7.69. The number of thioether (sulfide) groups is 1. The van der Waals surface area contributed by atoms with E-state index in [2.05, 4.69) is 36.6 Å². The fraction of sp³-hybridized carbons (Fsp3) is 0.250. The molecular weight excluding hydrogens is 399 g/mol. The number of rotatable bonds is 3. The van der Waals surface area contributed by atoms with Gasteiger partial charge >= 0.3 is 12.1 Å². The smallest absolute Gasteiger partial charge is 0.434 e. The third-order valence-electron chi connectivity index (χ3n) is 1.41. The van der Waals surface area contributed by atoms with Crippen LogP contribution in [0.15, 0.2) is 26.0 Å². The second kappa shape index (κ2) is 5.75. The Labute approximate surface area is 114 Å². The molecule has 0 saturated heterocycles. The lowest BCUT2D eigenvalue weighted by Gasteiger charge is -2.12. The van der Waals surface area contributed by atoms with Gasteiger partial charge in [-0.2, -0.15) is 22.0 Å². The summed E-state index contributed by atoms with van der Waals surface area (Å²) in [7, 11) is 0. The maximum atomic E-state index is 12.2. The average Bonchev–Trinajstić information content (AvgIpc) is 2.09. The van der Waals surface area contributed by atoms with Crippen molar-refractivity contribution in [2.24, 2.45) is 0 Å². The van der Waals surface area contributed by atoms with Crippen molar-refractivity contribution in [3.05, 3.63) is 21.1 Å². The first kappa shape index (κ1) is 15.0. The van der Waals surface area contributed by atoms with E-state index in [1.165, 1.54) is 0 Å². The van der Waals surface area contributed by atoms with Crippen LogP contribution in [0.3, 0.4) is 0 Å². The van der Waals surface area contributed by atoms with Gasteiger partial charge in [0, 0.05) is 9.37 Å². The predicted molar refractivity (Wildman–Crippen MR) is 60.4 cm³/mol. The first-order valence-corrected chi connectivity index (χ1v) is 6.29. The van der Waals surface area contributed by atoms with Crippen molar-refractivity contribution < 1.29 is 26.7 Å². The molecule has 0 spiro atoms. The summed E-state index contributed by atoms with van der Waals surface area (Å²) in [5.74, 6) is -0.360. The molecule has 0 saturated carbocycles. The Hall–Kier alpha value is -0.0200. The number of hydrogen-bond donors (Lipinski definition) is 0. The number of hydrogen-bond acceptors (Lipinski definition) is 2. The molecule has 0 aliphatic rings. The molecule has 0 atom stereocenters. The van der Waals surface area contributed by atoms with Gasteiger partial charge in [0.25, 0.3) is 0 Å². The summed E-state index contributed by atoms with van der Waals surface area (Å²) < 4.78 is 64.7. The zero-order valence-corrected chi connectivity index (χ0v) is 11.7. The van der Waals surface area contributed by atoms with Crippen LogP contribution in [0.25, 0.3) is 0 Å². The van der Waals surface area contributed by atoms with Crippen LogP contribution >= 0.6 is 43.6 Å². The lowest BCUT2D eigenvalue weighted by Crippen LogP contribution is -2.04. The largest absolute Gasteiger partial charge is 0.446 e. The highest BCUT2D eigenvalue weighted by Gasteiger charge is 2.31. The van der Waals surface area contributed by atoms with E-state index in [1.54, 1.807) is 0 Å². The topological polar surface area (TPSA) is 9.23 Å². The molecule has 17 heavy (non-hydrogen) atoms. The van der Waals surface area contributed by atoms with E-state index in [4.69, 9.17) is 0 Å². The molecule has 1 rings (SSSR count). The van der Waals surface area contributed by atoms with Gasteiger partial charge < -0.3 is 4.74 Å². The highest BCUT2D eigenvalue weighted by Crippen LogP contribution is 2.45. The van der Waals surface area contributed by atoms with Gasteiger partial charge in [0.1, 0.15) is 5.75 Å². The van der Waals surface area contributed by atoms with Gasteiger partial charge in [-0.05, 0) is 39.8 Å². The Morgan fingerprint density at radius 1 is 1.18 bits per heavy atom. The molecule has 1 aromatic rings. The monoisotopic (exact) mass is 400 g/mol. The van der Waals surface area contributed by atoms with E-state index in [0.717, 1.165) is 12.1 Å². The quantitative estimate of drug-likeness (QED) is 0.493. The molecule has 0 heterocycles. The van der Waals surface area contributed by atoms with Gasteiger partial charge in [0.2, 0.25) is 0 Å². The van der Waals surface area contributed by atoms with Crippen molar-refractivity contribution in [2.75, 3.05) is 0 Å². The fourth-order valence-electron chi connectivity index (χ4n) is 0.921. The summed E-state index contributed by atoms with van der Waals surface area (Å²) in [4.78, 5) is -0.262. The highest BCUT2D eigenvalue weighted by atomic mass is 79.9. The van der Waals surface area contributed by atoms with E-state index < -0.39 is 23.9 Å². The summed E-state index contributed by atoms with van der Waals surface area (Å²) in [5.41, 5.74) is -4.51. The molecule has 0 aliphatic heterocycles. The van der Waals surface area contributed by atoms with Crippen LogP contribution in [0.5, 0.6) is 5.75 Å². The standard InChI is InChI=1S/C8H3Br2F5OS/c9-3-1-4(16-7(11)12)6(10)5(2-3)17-8(13,14)15/h1-2,7H. The van der Waals surface area contributed by atoms with Crippen molar-refractivity contribution >= 4 is 43.6 Å². The SMILES string of the molecule is FC(F)Oc1cc(Br)cc(SC(F)(F)F)c1Br. The maximum Gasteiger partial charge on any atom is 0.446 e. The molecule has 0 unspecified atom stereocenters. The number of alkyl halides is 5. The Morgan fingerprint density at radius 2 is 1.76 bits per heavy atom. The van der Waals surface area contributed by atoms with E-state index in [0.29, 0.717) is 0 Å². The van der Waals surface area contributed by atoms with Crippen LogP contribution in [0.4, 0.5) is 22.0 Å². The minimum absolute atomic E-state index is 0.164. The van der Waals surface area contributed by atoms with Gasteiger partial charge in [0.15, 0.2) is 0 Å². The molecule has 0 bridgehead atoms. The number of ether oxygens (including phenoxy) is 1. The van der Waals surface area contributed by atoms with Crippen molar-refractivity contribution in [3.8, 4) is 5.75 Å². The Morgan fingerprint density at radius 3 is 2.24 bits per heavy atom. The summed E-state index contributed by atoms with van der Waals surface area (Å²) in [5, 5.41) is 0. The highest BCUT2D eigenvalue weighted by molar-refractivity contribution is 9.11. The van der Waals surface area contributed by atoms with E-state index in [1.807, 2.05) is 0 Å². The Bertz CT molecular complexity index is 410. The molecule has 0 aliphatic carbocycles. The zero-order chi connectivity index (χ0) is 13.2. The van der Waals surface area contributed by atoms with E-state index in [9.17, 15) is 22.0 Å². The first-order chi connectivity index (χ1) is 7.69. The van der Waals surface area contributed by atoms with Crippen LogP contribution in [0.2, 0.25) is 0 Å². The predicted octanol–water partition coefficient (Wildman–Crippen LogP) is 5.42. The molecule has 1 nitrogen and oxygen atoms in total. The van der Waals surface area contributed by atoms with Gasteiger partial charge in [0.05, 0.1) is 4.47 Å². The summed E-state index contributed by atoms with van der Waals surface area (Å²) in [6.45, 7) is -3.11. The molecule has 0 aromatic heterocycles. The van der Waals surface area contributed by atoms with Crippen LogP contribution < -0.4 is 4.74 Å². The number of halogens is 7. The summed E-state index contributed by atoms with van der Waals surface area (Å²) in [6, 6.07) is 2.30. The van der Waals surface area contributed by atoms with E-state index in [-0.39, 0.29) is 19.6 Å². The van der Waals surface area contributed by atoms with Crippen molar-refractivity contribution in [3.63, 3.8) is 0 Å². The van der Waals surface area contributed by atoms with E-state index >= 15 is 0 Å².